The zero-order valence-corrected chi connectivity index (χ0v) is 14.5. The predicted molar refractivity (Wildman–Crippen MR) is 95.8 cm³/mol. The SMILES string of the molecule is COCC(=O)NC1CCCN(Cc2ccc(-c3cncnc3)cc2)C1. The van der Waals surface area contributed by atoms with Crippen molar-refractivity contribution in [1.82, 2.24) is 20.2 Å². The smallest absolute Gasteiger partial charge is 0.246 e. The van der Waals surface area contributed by atoms with Crippen LogP contribution in [-0.2, 0) is 16.1 Å². The second-order valence-electron chi connectivity index (χ2n) is 6.40. The maximum absolute atomic E-state index is 11.7. The van der Waals surface area contributed by atoms with Gasteiger partial charge in [0.25, 0.3) is 0 Å². The summed E-state index contributed by atoms with van der Waals surface area (Å²) in [5, 5.41) is 3.05. The van der Waals surface area contributed by atoms with Gasteiger partial charge in [0, 0.05) is 44.2 Å². The van der Waals surface area contributed by atoms with Crippen molar-refractivity contribution < 1.29 is 9.53 Å². The Kier molecular flexibility index (Phi) is 6.09. The molecule has 0 radical (unpaired) electrons. The number of hydrogen-bond donors (Lipinski definition) is 1. The Morgan fingerprint density at radius 3 is 2.72 bits per heavy atom. The van der Waals surface area contributed by atoms with Crippen LogP contribution in [0, 0.1) is 0 Å². The van der Waals surface area contributed by atoms with E-state index in [4.69, 9.17) is 4.74 Å². The fraction of sp³-hybridized carbons (Fsp3) is 0.421. The van der Waals surface area contributed by atoms with Gasteiger partial charge in [-0.25, -0.2) is 9.97 Å². The molecule has 1 aromatic heterocycles. The number of methoxy groups -OCH3 is 1. The van der Waals surface area contributed by atoms with Gasteiger partial charge in [-0.2, -0.15) is 0 Å². The Morgan fingerprint density at radius 1 is 1.24 bits per heavy atom. The summed E-state index contributed by atoms with van der Waals surface area (Å²) in [4.78, 5) is 22.2. The van der Waals surface area contributed by atoms with E-state index >= 15 is 0 Å². The number of hydrogen-bond acceptors (Lipinski definition) is 5. The molecule has 6 heteroatoms. The number of carbonyl (C=O) groups is 1. The number of nitrogens with zero attached hydrogens (tertiary/aromatic N) is 3. The summed E-state index contributed by atoms with van der Waals surface area (Å²) in [5.41, 5.74) is 3.41. The van der Waals surface area contributed by atoms with Crippen molar-refractivity contribution in [2.45, 2.75) is 25.4 Å². The summed E-state index contributed by atoms with van der Waals surface area (Å²) in [6.45, 7) is 2.96. The largest absolute Gasteiger partial charge is 0.375 e. The van der Waals surface area contributed by atoms with E-state index in [1.54, 1.807) is 0 Å². The second-order valence-corrected chi connectivity index (χ2v) is 6.40. The van der Waals surface area contributed by atoms with Crippen molar-refractivity contribution in [2.75, 3.05) is 26.8 Å². The third-order valence-corrected chi connectivity index (χ3v) is 4.40. The monoisotopic (exact) mass is 340 g/mol. The summed E-state index contributed by atoms with van der Waals surface area (Å²) < 4.78 is 4.88. The number of amides is 1. The molecule has 25 heavy (non-hydrogen) atoms. The first-order valence-electron chi connectivity index (χ1n) is 8.59. The lowest BCUT2D eigenvalue weighted by Crippen LogP contribution is -2.48. The molecule has 2 heterocycles. The van der Waals surface area contributed by atoms with Crippen molar-refractivity contribution in [3.63, 3.8) is 0 Å². The number of nitrogens with one attached hydrogen (secondary N) is 1. The first kappa shape index (κ1) is 17.5. The molecular weight excluding hydrogens is 316 g/mol. The normalized spacial score (nSPS) is 18.0. The Bertz CT molecular complexity index is 676. The Labute approximate surface area is 148 Å². The van der Waals surface area contributed by atoms with Crippen LogP contribution < -0.4 is 5.32 Å². The van der Waals surface area contributed by atoms with E-state index in [1.807, 2.05) is 12.4 Å². The van der Waals surface area contributed by atoms with Crippen LogP contribution >= 0.6 is 0 Å². The van der Waals surface area contributed by atoms with Gasteiger partial charge >= 0.3 is 0 Å². The molecule has 1 fully saturated rings. The van der Waals surface area contributed by atoms with E-state index in [2.05, 4.69) is 44.5 Å². The van der Waals surface area contributed by atoms with Crippen molar-refractivity contribution in [2.24, 2.45) is 0 Å². The molecule has 1 atom stereocenters. The minimum Gasteiger partial charge on any atom is -0.375 e. The fourth-order valence-corrected chi connectivity index (χ4v) is 3.23. The van der Waals surface area contributed by atoms with E-state index in [9.17, 15) is 4.79 Å². The van der Waals surface area contributed by atoms with Gasteiger partial charge in [-0.3, -0.25) is 9.69 Å². The highest BCUT2D eigenvalue weighted by Crippen LogP contribution is 2.19. The molecule has 1 saturated heterocycles. The highest BCUT2D eigenvalue weighted by molar-refractivity contribution is 5.77. The maximum atomic E-state index is 11.7. The van der Waals surface area contributed by atoms with Gasteiger partial charge in [-0.1, -0.05) is 24.3 Å². The molecule has 132 valence electrons. The third kappa shape index (κ3) is 5.08. The molecule has 1 aliphatic rings. The van der Waals surface area contributed by atoms with Crippen LogP contribution in [0.5, 0.6) is 0 Å². The Hall–Kier alpha value is -2.31. The van der Waals surface area contributed by atoms with Crippen molar-refractivity contribution in [1.29, 1.82) is 0 Å². The average molecular weight is 340 g/mol. The van der Waals surface area contributed by atoms with Gasteiger partial charge in [0.2, 0.25) is 5.91 Å². The summed E-state index contributed by atoms with van der Waals surface area (Å²) in [6, 6.07) is 8.72. The summed E-state index contributed by atoms with van der Waals surface area (Å²) in [5.74, 6) is -0.0382. The molecule has 6 nitrogen and oxygen atoms in total. The molecule has 1 aromatic carbocycles. The second kappa shape index (κ2) is 8.69. The molecule has 1 unspecified atom stereocenters. The number of likely N-dealkylation sites (tertiary alicyclic amines) is 1. The molecule has 1 aliphatic heterocycles. The molecule has 0 saturated carbocycles. The molecule has 0 bridgehead atoms. The van der Waals surface area contributed by atoms with Crippen LogP contribution in [-0.4, -0.2) is 53.6 Å². The minimum absolute atomic E-state index is 0.0382. The van der Waals surface area contributed by atoms with Crippen LogP contribution in [0.2, 0.25) is 0 Å². The lowest BCUT2D eigenvalue weighted by atomic mass is 10.0. The lowest BCUT2D eigenvalue weighted by molar-refractivity contribution is -0.125. The van der Waals surface area contributed by atoms with Crippen molar-refractivity contribution >= 4 is 5.91 Å². The number of benzene rings is 1. The van der Waals surface area contributed by atoms with Gasteiger partial charge in [-0.05, 0) is 30.5 Å². The number of rotatable bonds is 6. The van der Waals surface area contributed by atoms with Crippen LogP contribution in [0.4, 0.5) is 0 Å². The molecule has 2 aromatic rings. The summed E-state index contributed by atoms with van der Waals surface area (Å²) >= 11 is 0. The quantitative estimate of drug-likeness (QED) is 0.869. The highest BCUT2D eigenvalue weighted by Gasteiger charge is 2.21. The molecule has 3 rings (SSSR count). The van der Waals surface area contributed by atoms with Crippen LogP contribution in [0.3, 0.4) is 0 Å². The van der Waals surface area contributed by atoms with E-state index in [-0.39, 0.29) is 18.6 Å². The van der Waals surface area contributed by atoms with Gasteiger partial charge in [0.05, 0.1) is 0 Å². The topological polar surface area (TPSA) is 67.3 Å². The molecule has 1 N–H and O–H groups in total. The van der Waals surface area contributed by atoms with Gasteiger partial charge < -0.3 is 10.1 Å². The Morgan fingerprint density at radius 2 is 2.00 bits per heavy atom. The van der Waals surface area contributed by atoms with E-state index in [1.165, 1.54) is 19.0 Å². The van der Waals surface area contributed by atoms with E-state index in [0.29, 0.717) is 0 Å². The number of ether oxygens (including phenoxy) is 1. The van der Waals surface area contributed by atoms with Gasteiger partial charge in [0.15, 0.2) is 0 Å². The van der Waals surface area contributed by atoms with Crippen molar-refractivity contribution in [3.8, 4) is 11.1 Å². The van der Waals surface area contributed by atoms with Gasteiger partial charge in [-0.15, -0.1) is 0 Å². The Balaban J connectivity index is 1.56. The minimum atomic E-state index is -0.0382. The predicted octanol–water partition coefficient (Wildman–Crippen LogP) is 1.87. The number of aromatic nitrogens is 2. The first-order valence-corrected chi connectivity index (χ1v) is 8.59. The third-order valence-electron chi connectivity index (χ3n) is 4.40. The van der Waals surface area contributed by atoms with Gasteiger partial charge in [0.1, 0.15) is 12.9 Å². The highest BCUT2D eigenvalue weighted by atomic mass is 16.5. The average Bonchev–Trinajstić information content (AvgIpc) is 2.63. The lowest BCUT2D eigenvalue weighted by Gasteiger charge is -2.33. The summed E-state index contributed by atoms with van der Waals surface area (Å²) in [7, 11) is 1.54. The molecule has 1 amide bonds. The fourth-order valence-electron chi connectivity index (χ4n) is 3.23. The summed E-state index contributed by atoms with van der Waals surface area (Å²) in [6.07, 6.45) is 7.30. The molecule has 0 spiro atoms. The molecule has 0 aliphatic carbocycles. The zero-order chi connectivity index (χ0) is 17.5. The number of piperidine rings is 1. The van der Waals surface area contributed by atoms with Crippen LogP contribution in [0.1, 0.15) is 18.4 Å². The van der Waals surface area contributed by atoms with E-state index in [0.717, 1.165) is 43.6 Å². The zero-order valence-electron chi connectivity index (χ0n) is 14.5. The standard InChI is InChI=1S/C19H24N4O2/c1-25-13-19(24)22-18-3-2-8-23(12-18)11-15-4-6-16(7-5-15)17-9-20-14-21-10-17/h4-7,9-10,14,18H,2-3,8,11-13H2,1H3,(H,22,24). The van der Waals surface area contributed by atoms with Crippen LogP contribution in [0.25, 0.3) is 11.1 Å². The maximum Gasteiger partial charge on any atom is 0.246 e. The molecular formula is C19H24N4O2. The van der Waals surface area contributed by atoms with Crippen LogP contribution in [0.15, 0.2) is 43.0 Å². The van der Waals surface area contributed by atoms with Crippen molar-refractivity contribution in [3.05, 3.63) is 48.5 Å². The van der Waals surface area contributed by atoms with E-state index < -0.39 is 0 Å². The first-order chi connectivity index (χ1) is 12.2. The number of carbonyl (C=O) groups excluding carboxylic acids is 1.